The van der Waals surface area contributed by atoms with Crippen molar-refractivity contribution in [2.24, 2.45) is 0 Å². The molecular weight excluding hydrogens is 266 g/mol. The molecule has 0 unspecified atom stereocenters. The highest BCUT2D eigenvalue weighted by molar-refractivity contribution is 6.33. The summed E-state index contributed by atoms with van der Waals surface area (Å²) in [4.78, 5) is 25.3. The Bertz CT molecular complexity index is 470. The fourth-order valence-electron chi connectivity index (χ4n) is 2.07. The van der Waals surface area contributed by atoms with E-state index in [1.165, 1.54) is 0 Å². The van der Waals surface area contributed by atoms with E-state index in [1.54, 1.807) is 29.2 Å². The van der Waals surface area contributed by atoms with Crippen LogP contribution in [0.4, 0.5) is 0 Å². The Morgan fingerprint density at radius 2 is 1.84 bits per heavy atom. The lowest BCUT2D eigenvalue weighted by Crippen LogP contribution is -2.38. The van der Waals surface area contributed by atoms with E-state index >= 15 is 0 Å². The van der Waals surface area contributed by atoms with Gasteiger partial charge in [0.05, 0.1) is 10.6 Å². The van der Waals surface area contributed by atoms with E-state index in [-0.39, 0.29) is 18.1 Å². The van der Waals surface area contributed by atoms with E-state index in [1.807, 2.05) is 0 Å². The number of halogens is 1. The molecule has 0 spiro atoms. The van der Waals surface area contributed by atoms with E-state index in [0.717, 1.165) is 32.4 Å². The Labute approximate surface area is 117 Å². The van der Waals surface area contributed by atoms with Gasteiger partial charge in [0.15, 0.2) is 6.61 Å². The molecule has 0 atom stereocenters. The van der Waals surface area contributed by atoms with Crippen LogP contribution in [0.15, 0.2) is 24.3 Å². The Morgan fingerprint density at radius 1 is 1.16 bits per heavy atom. The summed E-state index contributed by atoms with van der Waals surface area (Å²) in [5, 5.41) is 0.331. The summed E-state index contributed by atoms with van der Waals surface area (Å²) in [5.41, 5.74) is 0.288. The van der Waals surface area contributed by atoms with Crippen molar-refractivity contribution in [3.05, 3.63) is 34.9 Å². The summed E-state index contributed by atoms with van der Waals surface area (Å²) >= 11 is 5.89. The molecule has 1 aromatic rings. The summed E-state index contributed by atoms with van der Waals surface area (Å²) in [7, 11) is 0. The zero-order valence-corrected chi connectivity index (χ0v) is 11.4. The van der Waals surface area contributed by atoms with Crippen molar-refractivity contribution in [2.75, 3.05) is 19.7 Å². The minimum absolute atomic E-state index is 0.139. The van der Waals surface area contributed by atoms with Crippen molar-refractivity contribution in [1.29, 1.82) is 0 Å². The molecule has 0 saturated carbocycles. The van der Waals surface area contributed by atoms with Gasteiger partial charge in [0.1, 0.15) is 0 Å². The molecule has 102 valence electrons. The molecule has 1 heterocycles. The molecule has 0 bridgehead atoms. The van der Waals surface area contributed by atoms with Crippen LogP contribution in [-0.4, -0.2) is 36.5 Å². The predicted octanol–water partition coefficient (Wildman–Crippen LogP) is 2.51. The lowest BCUT2D eigenvalue weighted by atomic mass is 10.1. The minimum atomic E-state index is -0.559. The molecule has 0 N–H and O–H groups in total. The Hall–Kier alpha value is -1.55. The van der Waals surface area contributed by atoms with Crippen LogP contribution in [0.3, 0.4) is 0 Å². The van der Waals surface area contributed by atoms with Gasteiger partial charge in [-0.15, -0.1) is 0 Å². The third-order valence-electron chi connectivity index (χ3n) is 3.13. The van der Waals surface area contributed by atoms with Gasteiger partial charge in [-0.3, -0.25) is 4.79 Å². The number of carbonyl (C=O) groups excluding carboxylic acids is 2. The maximum atomic E-state index is 11.8. The largest absolute Gasteiger partial charge is 0.452 e. The molecule has 2 rings (SSSR count). The lowest BCUT2D eigenvalue weighted by Gasteiger charge is -2.26. The number of hydrogen-bond donors (Lipinski definition) is 0. The summed E-state index contributed by atoms with van der Waals surface area (Å²) in [6, 6.07) is 6.63. The van der Waals surface area contributed by atoms with Gasteiger partial charge < -0.3 is 9.64 Å². The number of amides is 1. The summed E-state index contributed by atoms with van der Waals surface area (Å²) in [5.74, 6) is -0.698. The Kier molecular flexibility index (Phi) is 4.80. The summed E-state index contributed by atoms with van der Waals surface area (Å²) in [6.45, 7) is 1.29. The van der Waals surface area contributed by atoms with Gasteiger partial charge in [0.2, 0.25) is 0 Å². The zero-order valence-electron chi connectivity index (χ0n) is 10.6. The first kappa shape index (κ1) is 13.9. The second-order valence-electron chi connectivity index (χ2n) is 4.50. The smallest absolute Gasteiger partial charge is 0.340 e. The van der Waals surface area contributed by atoms with Crippen molar-refractivity contribution >= 4 is 23.5 Å². The molecule has 1 amide bonds. The maximum absolute atomic E-state index is 11.8. The number of benzene rings is 1. The fraction of sp³-hybridized carbons (Fsp3) is 0.429. The summed E-state index contributed by atoms with van der Waals surface area (Å²) in [6.07, 6.45) is 3.19. The molecule has 1 saturated heterocycles. The molecule has 1 aliphatic heterocycles. The van der Waals surface area contributed by atoms with Gasteiger partial charge in [-0.05, 0) is 31.4 Å². The van der Waals surface area contributed by atoms with Crippen LogP contribution in [0, 0.1) is 0 Å². The molecule has 4 nitrogen and oxygen atoms in total. The molecule has 0 aliphatic carbocycles. The molecule has 1 fully saturated rings. The van der Waals surface area contributed by atoms with Gasteiger partial charge in [0, 0.05) is 13.1 Å². The number of likely N-dealkylation sites (tertiary alicyclic amines) is 1. The molecule has 0 radical (unpaired) electrons. The summed E-state index contributed by atoms with van der Waals surface area (Å²) < 4.78 is 5.01. The Morgan fingerprint density at radius 3 is 2.53 bits per heavy atom. The van der Waals surface area contributed by atoms with Gasteiger partial charge in [-0.25, -0.2) is 4.79 Å². The van der Waals surface area contributed by atoms with Crippen molar-refractivity contribution < 1.29 is 14.3 Å². The van der Waals surface area contributed by atoms with Crippen LogP contribution >= 0.6 is 11.6 Å². The molecule has 19 heavy (non-hydrogen) atoms. The van der Waals surface area contributed by atoms with E-state index in [9.17, 15) is 9.59 Å². The second-order valence-corrected chi connectivity index (χ2v) is 4.90. The topological polar surface area (TPSA) is 46.6 Å². The first-order valence-electron chi connectivity index (χ1n) is 6.38. The van der Waals surface area contributed by atoms with E-state index < -0.39 is 5.97 Å². The van der Waals surface area contributed by atoms with Crippen LogP contribution in [0.5, 0.6) is 0 Å². The van der Waals surface area contributed by atoms with E-state index in [0.29, 0.717) is 5.02 Å². The molecule has 0 aromatic heterocycles. The lowest BCUT2D eigenvalue weighted by molar-refractivity contribution is -0.135. The van der Waals surface area contributed by atoms with E-state index in [4.69, 9.17) is 16.3 Å². The van der Waals surface area contributed by atoms with Crippen LogP contribution in [0.25, 0.3) is 0 Å². The number of nitrogens with zero attached hydrogens (tertiary/aromatic N) is 1. The quantitative estimate of drug-likeness (QED) is 0.800. The second kappa shape index (κ2) is 6.57. The Balaban J connectivity index is 1.86. The maximum Gasteiger partial charge on any atom is 0.340 e. The highest BCUT2D eigenvalue weighted by Crippen LogP contribution is 2.16. The third-order valence-corrected chi connectivity index (χ3v) is 3.46. The van der Waals surface area contributed by atoms with Crippen molar-refractivity contribution in [2.45, 2.75) is 19.3 Å². The van der Waals surface area contributed by atoms with Crippen molar-refractivity contribution in [3.8, 4) is 0 Å². The molecule has 1 aromatic carbocycles. The van der Waals surface area contributed by atoms with E-state index in [2.05, 4.69) is 0 Å². The number of esters is 1. The number of hydrogen-bond acceptors (Lipinski definition) is 3. The normalized spacial score (nSPS) is 15.1. The molecule has 1 aliphatic rings. The fourth-order valence-corrected chi connectivity index (χ4v) is 2.28. The molecule has 5 heteroatoms. The first-order chi connectivity index (χ1) is 9.18. The highest BCUT2D eigenvalue weighted by Gasteiger charge is 2.19. The van der Waals surface area contributed by atoms with Crippen LogP contribution < -0.4 is 0 Å². The average Bonchev–Trinajstić information content (AvgIpc) is 2.46. The standard InChI is InChI=1S/C14H16ClNO3/c15-12-7-3-2-6-11(12)14(18)19-10-13(17)16-8-4-1-5-9-16/h2-3,6-7H,1,4-5,8-10H2. The van der Waals surface area contributed by atoms with Crippen LogP contribution in [0.2, 0.25) is 5.02 Å². The van der Waals surface area contributed by atoms with Gasteiger partial charge in [-0.1, -0.05) is 23.7 Å². The highest BCUT2D eigenvalue weighted by atomic mass is 35.5. The minimum Gasteiger partial charge on any atom is -0.452 e. The van der Waals surface area contributed by atoms with Gasteiger partial charge >= 0.3 is 5.97 Å². The van der Waals surface area contributed by atoms with Crippen molar-refractivity contribution in [1.82, 2.24) is 4.90 Å². The third kappa shape index (κ3) is 3.70. The molecular formula is C14H16ClNO3. The van der Waals surface area contributed by atoms with Gasteiger partial charge in [-0.2, -0.15) is 0 Å². The van der Waals surface area contributed by atoms with Crippen molar-refractivity contribution in [3.63, 3.8) is 0 Å². The van der Waals surface area contributed by atoms with Crippen LogP contribution in [-0.2, 0) is 9.53 Å². The van der Waals surface area contributed by atoms with Crippen LogP contribution in [0.1, 0.15) is 29.6 Å². The predicted molar refractivity (Wildman–Crippen MR) is 72.2 cm³/mol. The zero-order chi connectivity index (χ0) is 13.7. The van der Waals surface area contributed by atoms with Gasteiger partial charge in [0.25, 0.3) is 5.91 Å². The number of ether oxygens (including phenoxy) is 1. The SMILES string of the molecule is O=C(OCC(=O)N1CCCCC1)c1ccccc1Cl. The number of piperidine rings is 1. The first-order valence-corrected chi connectivity index (χ1v) is 6.75. The number of rotatable bonds is 3. The monoisotopic (exact) mass is 281 g/mol. The average molecular weight is 282 g/mol. The number of carbonyl (C=O) groups is 2.